The van der Waals surface area contributed by atoms with Gasteiger partial charge in [0.1, 0.15) is 5.75 Å². The number of fused-ring (bicyclic) bond motifs is 1. The highest BCUT2D eigenvalue weighted by Crippen LogP contribution is 2.38. The van der Waals surface area contributed by atoms with Crippen LogP contribution in [0.15, 0.2) is 34.9 Å². The standard InChI is InChI=1S/C22H22ClF3N2O4/c1-2-4-14-18(8-6-15-20(14)32-28-21(15)22(24,25)26)31-10-3-9-27-17-7-5-13(11-16(17)23)12-19(29)30/h5-8,11,27H,2-4,9-10,12H2,1H3,(H,29,30). The lowest BCUT2D eigenvalue weighted by atomic mass is 10.0. The molecule has 32 heavy (non-hydrogen) atoms. The summed E-state index contributed by atoms with van der Waals surface area (Å²) in [6, 6.07) is 7.85. The SMILES string of the molecule is CCCc1c(OCCCNc2ccc(CC(=O)O)cc2Cl)ccc2c(C(F)(F)F)noc12. The third kappa shape index (κ3) is 5.64. The molecule has 0 aliphatic rings. The highest BCUT2D eigenvalue weighted by Gasteiger charge is 2.37. The Bertz CT molecular complexity index is 1100. The Hall–Kier alpha value is -2.94. The van der Waals surface area contributed by atoms with E-state index in [0.717, 1.165) is 0 Å². The lowest BCUT2D eigenvalue weighted by molar-refractivity contribution is -0.141. The second-order valence-electron chi connectivity index (χ2n) is 7.21. The summed E-state index contributed by atoms with van der Waals surface area (Å²) in [6.07, 6.45) is -2.89. The molecule has 0 fully saturated rings. The first-order valence-corrected chi connectivity index (χ1v) is 10.4. The van der Waals surface area contributed by atoms with Crippen molar-refractivity contribution in [2.75, 3.05) is 18.5 Å². The lowest BCUT2D eigenvalue weighted by Gasteiger charge is -2.13. The largest absolute Gasteiger partial charge is 0.493 e. The van der Waals surface area contributed by atoms with Gasteiger partial charge in [0.15, 0.2) is 11.3 Å². The molecule has 0 unspecified atom stereocenters. The summed E-state index contributed by atoms with van der Waals surface area (Å²) in [5.41, 5.74) is 0.916. The third-order valence-electron chi connectivity index (χ3n) is 4.75. The number of carbonyl (C=O) groups is 1. The number of anilines is 1. The fourth-order valence-electron chi connectivity index (χ4n) is 3.33. The third-order valence-corrected chi connectivity index (χ3v) is 5.07. The predicted molar refractivity (Wildman–Crippen MR) is 114 cm³/mol. The Morgan fingerprint density at radius 1 is 1.28 bits per heavy atom. The van der Waals surface area contributed by atoms with Crippen LogP contribution >= 0.6 is 11.6 Å². The summed E-state index contributed by atoms with van der Waals surface area (Å²) >= 11 is 6.18. The Morgan fingerprint density at radius 3 is 2.72 bits per heavy atom. The average molecular weight is 471 g/mol. The minimum absolute atomic E-state index is 0.0732. The average Bonchev–Trinajstić information content (AvgIpc) is 3.15. The fraction of sp³-hybridized carbons (Fsp3) is 0.364. The van der Waals surface area contributed by atoms with Gasteiger partial charge in [-0.05, 0) is 42.7 Å². The summed E-state index contributed by atoms with van der Waals surface area (Å²) in [4.78, 5) is 10.8. The van der Waals surface area contributed by atoms with E-state index in [2.05, 4.69) is 10.5 Å². The van der Waals surface area contributed by atoms with Crippen LogP contribution in [0.5, 0.6) is 5.75 Å². The van der Waals surface area contributed by atoms with Crippen molar-refractivity contribution in [2.45, 2.75) is 38.8 Å². The molecule has 0 aliphatic heterocycles. The van der Waals surface area contributed by atoms with Gasteiger partial charge in [0.2, 0.25) is 0 Å². The smallest absolute Gasteiger partial charge is 0.437 e. The topological polar surface area (TPSA) is 84.6 Å². The van der Waals surface area contributed by atoms with E-state index in [1.165, 1.54) is 12.1 Å². The van der Waals surface area contributed by atoms with Crippen LogP contribution in [0.3, 0.4) is 0 Å². The zero-order valence-corrected chi connectivity index (χ0v) is 18.0. The Kier molecular flexibility index (Phi) is 7.50. The number of carboxylic acid groups (broad SMARTS) is 1. The van der Waals surface area contributed by atoms with Gasteiger partial charge in [0.25, 0.3) is 0 Å². The summed E-state index contributed by atoms with van der Waals surface area (Å²) in [5, 5.41) is 15.6. The van der Waals surface area contributed by atoms with Crippen LogP contribution in [-0.4, -0.2) is 29.4 Å². The molecular formula is C22H22ClF3N2O4. The molecular weight excluding hydrogens is 449 g/mol. The van der Waals surface area contributed by atoms with Gasteiger partial charge in [-0.25, -0.2) is 0 Å². The molecule has 3 rings (SSSR count). The molecule has 0 atom stereocenters. The van der Waals surface area contributed by atoms with E-state index in [9.17, 15) is 18.0 Å². The van der Waals surface area contributed by atoms with Crippen molar-refractivity contribution in [1.82, 2.24) is 5.16 Å². The van der Waals surface area contributed by atoms with Crippen LogP contribution in [0.4, 0.5) is 18.9 Å². The first-order chi connectivity index (χ1) is 15.2. The normalized spacial score (nSPS) is 11.7. The van der Waals surface area contributed by atoms with Gasteiger partial charge in [0.05, 0.1) is 29.1 Å². The number of ether oxygens (including phenoxy) is 1. The maximum atomic E-state index is 13.1. The number of benzene rings is 2. The number of hydrogen-bond donors (Lipinski definition) is 2. The van der Waals surface area contributed by atoms with Crippen LogP contribution in [0.25, 0.3) is 11.0 Å². The van der Waals surface area contributed by atoms with Crippen molar-refractivity contribution in [2.24, 2.45) is 0 Å². The summed E-state index contributed by atoms with van der Waals surface area (Å²) in [5.74, 6) is -0.459. The van der Waals surface area contributed by atoms with Gasteiger partial charge in [-0.3, -0.25) is 4.79 Å². The highest BCUT2D eigenvalue weighted by atomic mass is 35.5. The van der Waals surface area contributed by atoms with E-state index >= 15 is 0 Å². The van der Waals surface area contributed by atoms with Crippen molar-refractivity contribution in [3.05, 3.63) is 52.2 Å². The summed E-state index contributed by atoms with van der Waals surface area (Å²) < 4.78 is 50.2. The van der Waals surface area contributed by atoms with Crippen molar-refractivity contribution in [3.8, 4) is 5.75 Å². The molecule has 0 amide bonds. The Labute approximate surface area is 187 Å². The summed E-state index contributed by atoms with van der Waals surface area (Å²) in [7, 11) is 0. The molecule has 1 heterocycles. The molecule has 1 aromatic heterocycles. The number of aryl methyl sites for hydroxylation is 1. The number of alkyl halides is 3. The molecule has 0 spiro atoms. The van der Waals surface area contributed by atoms with Crippen LogP contribution < -0.4 is 10.1 Å². The van der Waals surface area contributed by atoms with E-state index < -0.39 is 17.8 Å². The van der Waals surface area contributed by atoms with Gasteiger partial charge in [0, 0.05) is 12.1 Å². The molecule has 172 valence electrons. The molecule has 0 aliphatic carbocycles. The maximum absolute atomic E-state index is 13.1. The van der Waals surface area contributed by atoms with Crippen LogP contribution in [-0.2, 0) is 23.8 Å². The van der Waals surface area contributed by atoms with Gasteiger partial charge in [-0.15, -0.1) is 0 Å². The first kappa shape index (κ1) is 23.7. The molecule has 3 aromatic rings. The van der Waals surface area contributed by atoms with Crippen LogP contribution in [0, 0.1) is 0 Å². The van der Waals surface area contributed by atoms with Gasteiger partial charge in [-0.2, -0.15) is 13.2 Å². The summed E-state index contributed by atoms with van der Waals surface area (Å²) in [6.45, 7) is 2.77. The number of carboxylic acids is 1. The zero-order valence-electron chi connectivity index (χ0n) is 17.3. The van der Waals surface area contributed by atoms with Gasteiger partial charge < -0.3 is 19.7 Å². The number of nitrogens with zero attached hydrogens (tertiary/aromatic N) is 1. The molecule has 0 radical (unpaired) electrons. The number of hydrogen-bond acceptors (Lipinski definition) is 5. The zero-order chi connectivity index (χ0) is 23.3. The molecule has 0 bridgehead atoms. The molecule has 2 N–H and O–H groups in total. The molecule has 0 saturated heterocycles. The monoisotopic (exact) mass is 470 g/mol. The Balaban J connectivity index is 1.60. The van der Waals surface area contributed by atoms with E-state index in [0.29, 0.717) is 60.0 Å². The number of halogens is 4. The fourth-order valence-corrected chi connectivity index (χ4v) is 3.60. The second kappa shape index (κ2) is 10.1. The van der Waals surface area contributed by atoms with Crippen LogP contribution in [0.1, 0.15) is 36.6 Å². The number of aliphatic carboxylic acids is 1. The van der Waals surface area contributed by atoms with Gasteiger partial charge >= 0.3 is 12.1 Å². The first-order valence-electron chi connectivity index (χ1n) is 10.1. The van der Waals surface area contributed by atoms with E-state index in [4.69, 9.17) is 26.0 Å². The molecule has 0 saturated carbocycles. The van der Waals surface area contributed by atoms with E-state index in [1.54, 1.807) is 18.2 Å². The molecule has 2 aromatic carbocycles. The van der Waals surface area contributed by atoms with E-state index in [-0.39, 0.29) is 17.4 Å². The van der Waals surface area contributed by atoms with Crippen molar-refractivity contribution >= 4 is 34.2 Å². The minimum Gasteiger partial charge on any atom is -0.493 e. The maximum Gasteiger partial charge on any atom is 0.437 e. The van der Waals surface area contributed by atoms with Crippen molar-refractivity contribution in [1.29, 1.82) is 0 Å². The number of aromatic nitrogens is 1. The van der Waals surface area contributed by atoms with E-state index in [1.807, 2.05) is 6.92 Å². The second-order valence-corrected chi connectivity index (χ2v) is 7.62. The van der Waals surface area contributed by atoms with Crippen molar-refractivity contribution < 1.29 is 32.3 Å². The van der Waals surface area contributed by atoms with Crippen LogP contribution in [0.2, 0.25) is 5.02 Å². The Morgan fingerprint density at radius 2 is 2.06 bits per heavy atom. The van der Waals surface area contributed by atoms with Crippen molar-refractivity contribution in [3.63, 3.8) is 0 Å². The molecule has 6 nitrogen and oxygen atoms in total. The number of rotatable bonds is 10. The minimum atomic E-state index is -4.59. The highest BCUT2D eigenvalue weighted by molar-refractivity contribution is 6.33. The van der Waals surface area contributed by atoms with Gasteiger partial charge in [-0.1, -0.05) is 36.2 Å². The lowest BCUT2D eigenvalue weighted by Crippen LogP contribution is -2.09. The molecule has 10 heteroatoms. The predicted octanol–water partition coefficient (Wildman–Crippen LogP) is 5.96. The quantitative estimate of drug-likeness (QED) is 0.356. The number of nitrogens with one attached hydrogen (secondary N) is 1.